The van der Waals surface area contributed by atoms with Gasteiger partial charge in [-0.05, 0) is 53.9 Å². The van der Waals surface area contributed by atoms with Crippen LogP contribution in [0.25, 0.3) is 0 Å². The monoisotopic (exact) mass is 447 g/mol. The van der Waals surface area contributed by atoms with Crippen LogP contribution in [0.1, 0.15) is 39.0 Å². The van der Waals surface area contributed by atoms with Gasteiger partial charge < -0.3 is 24.3 Å². The highest BCUT2D eigenvalue weighted by Crippen LogP contribution is 2.43. The average molecular weight is 448 g/mol. The SMILES string of the molecule is COc1ccc(C(C(=O)c2ccccc2)C2NCCc3cc(OC)c(OC)cc32)cc1OC. The number of rotatable bonds is 8. The fourth-order valence-corrected chi connectivity index (χ4v) is 4.54. The van der Waals surface area contributed by atoms with Gasteiger partial charge in [-0.25, -0.2) is 0 Å². The number of ether oxygens (including phenoxy) is 4. The zero-order chi connectivity index (χ0) is 23.4. The van der Waals surface area contributed by atoms with E-state index in [9.17, 15) is 4.79 Å². The molecule has 0 radical (unpaired) electrons. The molecule has 0 saturated carbocycles. The van der Waals surface area contributed by atoms with Gasteiger partial charge in [0.15, 0.2) is 28.8 Å². The first-order valence-corrected chi connectivity index (χ1v) is 10.9. The van der Waals surface area contributed by atoms with Crippen LogP contribution in [-0.4, -0.2) is 40.8 Å². The number of Topliss-reactive ketones (excluding diaryl/α,β-unsaturated/α-hetero) is 1. The van der Waals surface area contributed by atoms with Gasteiger partial charge in [0, 0.05) is 11.6 Å². The molecule has 0 aromatic heterocycles. The van der Waals surface area contributed by atoms with Gasteiger partial charge in [0.05, 0.1) is 34.4 Å². The lowest BCUT2D eigenvalue weighted by Crippen LogP contribution is -2.37. The first-order chi connectivity index (χ1) is 16.1. The summed E-state index contributed by atoms with van der Waals surface area (Å²) in [7, 11) is 6.45. The molecule has 172 valence electrons. The normalized spacial score (nSPS) is 15.8. The molecule has 0 bridgehead atoms. The minimum absolute atomic E-state index is 0.0305. The molecule has 3 aromatic rings. The molecule has 6 nitrogen and oxygen atoms in total. The minimum atomic E-state index is -0.482. The summed E-state index contributed by atoms with van der Waals surface area (Å²) < 4.78 is 22.0. The second kappa shape index (κ2) is 9.96. The third kappa shape index (κ3) is 4.39. The number of fused-ring (bicyclic) bond motifs is 1. The Morgan fingerprint density at radius 3 is 2.12 bits per heavy atom. The summed E-state index contributed by atoms with van der Waals surface area (Å²) >= 11 is 0. The first-order valence-electron chi connectivity index (χ1n) is 10.9. The van der Waals surface area contributed by atoms with Crippen molar-refractivity contribution in [1.82, 2.24) is 5.32 Å². The van der Waals surface area contributed by atoms with Crippen LogP contribution < -0.4 is 24.3 Å². The Morgan fingerprint density at radius 2 is 1.45 bits per heavy atom. The highest BCUT2D eigenvalue weighted by molar-refractivity contribution is 6.01. The summed E-state index contributed by atoms with van der Waals surface area (Å²) in [5.41, 5.74) is 3.68. The van der Waals surface area contributed by atoms with Gasteiger partial charge in [0.2, 0.25) is 0 Å². The smallest absolute Gasteiger partial charge is 0.172 e. The number of benzene rings is 3. The molecule has 4 rings (SSSR count). The fourth-order valence-electron chi connectivity index (χ4n) is 4.54. The van der Waals surface area contributed by atoms with E-state index in [-0.39, 0.29) is 11.8 Å². The lowest BCUT2D eigenvalue weighted by Gasteiger charge is -2.34. The number of hydrogen-bond donors (Lipinski definition) is 1. The van der Waals surface area contributed by atoms with E-state index in [0.29, 0.717) is 28.6 Å². The van der Waals surface area contributed by atoms with Gasteiger partial charge >= 0.3 is 0 Å². The Bertz CT molecular complexity index is 1130. The van der Waals surface area contributed by atoms with Crippen LogP contribution in [0.15, 0.2) is 60.7 Å². The van der Waals surface area contributed by atoms with Crippen LogP contribution >= 0.6 is 0 Å². The van der Waals surface area contributed by atoms with Crippen molar-refractivity contribution in [3.63, 3.8) is 0 Å². The van der Waals surface area contributed by atoms with Crippen LogP contribution in [0.3, 0.4) is 0 Å². The summed E-state index contributed by atoms with van der Waals surface area (Å²) in [6.07, 6.45) is 0.838. The van der Waals surface area contributed by atoms with E-state index in [1.807, 2.05) is 60.7 Å². The molecular formula is C27H29NO5. The molecular weight excluding hydrogens is 418 g/mol. The van der Waals surface area contributed by atoms with Crippen molar-refractivity contribution in [2.75, 3.05) is 35.0 Å². The molecule has 0 spiro atoms. The molecule has 0 amide bonds. The Hall–Kier alpha value is -3.51. The van der Waals surface area contributed by atoms with Crippen molar-refractivity contribution >= 4 is 5.78 Å². The van der Waals surface area contributed by atoms with Crippen LogP contribution in [0.4, 0.5) is 0 Å². The first kappa shape index (κ1) is 22.7. The van der Waals surface area contributed by atoms with Crippen molar-refractivity contribution in [2.24, 2.45) is 0 Å². The van der Waals surface area contributed by atoms with Gasteiger partial charge in [-0.3, -0.25) is 4.79 Å². The van der Waals surface area contributed by atoms with Crippen molar-refractivity contribution in [3.05, 3.63) is 82.9 Å². The lowest BCUT2D eigenvalue weighted by atomic mass is 9.78. The lowest BCUT2D eigenvalue weighted by molar-refractivity contribution is 0.0937. The van der Waals surface area contributed by atoms with Gasteiger partial charge in [0.25, 0.3) is 0 Å². The summed E-state index contributed by atoms with van der Waals surface area (Å²) in [4.78, 5) is 13.9. The van der Waals surface area contributed by atoms with Gasteiger partial charge in [0.1, 0.15) is 0 Å². The second-order valence-electron chi connectivity index (χ2n) is 7.91. The number of nitrogens with one attached hydrogen (secondary N) is 1. The predicted molar refractivity (Wildman–Crippen MR) is 127 cm³/mol. The van der Waals surface area contributed by atoms with Crippen molar-refractivity contribution in [3.8, 4) is 23.0 Å². The van der Waals surface area contributed by atoms with Crippen LogP contribution in [-0.2, 0) is 6.42 Å². The second-order valence-corrected chi connectivity index (χ2v) is 7.91. The molecule has 6 heteroatoms. The van der Waals surface area contributed by atoms with E-state index in [1.165, 1.54) is 0 Å². The molecule has 3 aromatic carbocycles. The maximum absolute atomic E-state index is 13.9. The molecule has 0 saturated heterocycles. The Morgan fingerprint density at radius 1 is 0.818 bits per heavy atom. The molecule has 2 atom stereocenters. The third-order valence-electron chi connectivity index (χ3n) is 6.18. The average Bonchev–Trinajstić information content (AvgIpc) is 2.88. The molecule has 1 aliphatic rings. The van der Waals surface area contributed by atoms with E-state index in [0.717, 1.165) is 29.7 Å². The summed E-state index contributed by atoms with van der Waals surface area (Å²) in [5.74, 6) is 2.09. The molecule has 0 aliphatic carbocycles. The summed E-state index contributed by atoms with van der Waals surface area (Å²) in [5, 5.41) is 3.59. The molecule has 0 fully saturated rings. The Balaban J connectivity index is 1.87. The maximum Gasteiger partial charge on any atom is 0.172 e. The fraction of sp³-hybridized carbons (Fsp3) is 0.296. The largest absolute Gasteiger partial charge is 0.493 e. The molecule has 1 aliphatic heterocycles. The maximum atomic E-state index is 13.9. The van der Waals surface area contributed by atoms with Crippen molar-refractivity contribution in [1.29, 1.82) is 0 Å². The van der Waals surface area contributed by atoms with Crippen molar-refractivity contribution in [2.45, 2.75) is 18.4 Å². The Kier molecular flexibility index (Phi) is 6.84. The zero-order valence-corrected chi connectivity index (χ0v) is 19.4. The third-order valence-corrected chi connectivity index (χ3v) is 6.18. The number of carbonyl (C=O) groups is 1. The number of ketones is 1. The van der Waals surface area contributed by atoms with Gasteiger partial charge in [-0.2, -0.15) is 0 Å². The number of carbonyl (C=O) groups excluding carboxylic acids is 1. The number of methoxy groups -OCH3 is 4. The molecule has 2 unspecified atom stereocenters. The predicted octanol–water partition coefficient (Wildman–Crippen LogP) is 4.57. The molecule has 33 heavy (non-hydrogen) atoms. The topological polar surface area (TPSA) is 66.0 Å². The van der Waals surface area contributed by atoms with E-state index in [4.69, 9.17) is 18.9 Å². The van der Waals surface area contributed by atoms with Gasteiger partial charge in [-0.15, -0.1) is 0 Å². The molecule has 1 N–H and O–H groups in total. The van der Waals surface area contributed by atoms with E-state index >= 15 is 0 Å². The summed E-state index contributed by atoms with van der Waals surface area (Å²) in [6.45, 7) is 0.749. The standard InChI is InChI=1S/C27H29NO5/c1-30-21-11-10-19(15-22(21)31-2)25(27(29)17-8-6-5-7-9-17)26-20-16-24(33-4)23(32-3)14-18(20)12-13-28-26/h5-11,14-16,25-26,28H,12-13H2,1-4H3. The van der Waals surface area contributed by atoms with E-state index in [2.05, 4.69) is 5.32 Å². The molecule has 1 heterocycles. The van der Waals surface area contributed by atoms with Crippen LogP contribution in [0.5, 0.6) is 23.0 Å². The van der Waals surface area contributed by atoms with Crippen LogP contribution in [0.2, 0.25) is 0 Å². The number of hydrogen-bond acceptors (Lipinski definition) is 6. The quantitative estimate of drug-likeness (QED) is 0.510. The Labute approximate surface area is 194 Å². The van der Waals surface area contributed by atoms with Gasteiger partial charge in [-0.1, -0.05) is 36.4 Å². The minimum Gasteiger partial charge on any atom is -0.493 e. The van der Waals surface area contributed by atoms with Crippen molar-refractivity contribution < 1.29 is 23.7 Å². The van der Waals surface area contributed by atoms with E-state index < -0.39 is 5.92 Å². The summed E-state index contributed by atoms with van der Waals surface area (Å²) in [6, 6.07) is 18.8. The highest BCUT2D eigenvalue weighted by Gasteiger charge is 2.36. The zero-order valence-electron chi connectivity index (χ0n) is 19.4. The van der Waals surface area contributed by atoms with Crippen LogP contribution in [0, 0.1) is 0 Å². The van der Waals surface area contributed by atoms with E-state index in [1.54, 1.807) is 28.4 Å². The highest BCUT2D eigenvalue weighted by atomic mass is 16.5.